The van der Waals surface area contributed by atoms with Crippen molar-refractivity contribution in [3.63, 3.8) is 0 Å². The third-order valence-electron chi connectivity index (χ3n) is 1.52. The lowest BCUT2D eigenvalue weighted by Crippen LogP contribution is -2.11. The molecule has 0 saturated heterocycles. The van der Waals surface area contributed by atoms with E-state index in [1.807, 2.05) is 0 Å². The Morgan fingerprint density at radius 3 is 2.64 bits per heavy atom. The summed E-state index contributed by atoms with van der Waals surface area (Å²) in [6.45, 7) is 0. The summed E-state index contributed by atoms with van der Waals surface area (Å²) in [4.78, 5) is 14.0. The minimum Gasteiger partial charge on any atom is -0.478 e. The molecule has 0 bridgehead atoms. The summed E-state index contributed by atoms with van der Waals surface area (Å²) < 4.78 is 25.0. The Balaban J connectivity index is 3.45. The number of hydrogen-bond acceptors (Lipinski definition) is 3. The van der Waals surface area contributed by atoms with E-state index in [0.717, 1.165) is 6.20 Å². The summed E-state index contributed by atoms with van der Waals surface area (Å²) in [5, 5.41) is 8.66. The highest BCUT2D eigenvalue weighted by atomic mass is 127. The SMILES string of the molecule is Nc1c(I)cnc(C(F)F)c1C(=O)O. The van der Waals surface area contributed by atoms with Crippen molar-refractivity contribution < 1.29 is 18.7 Å². The Morgan fingerprint density at radius 1 is 1.64 bits per heavy atom. The third kappa shape index (κ3) is 1.91. The van der Waals surface area contributed by atoms with Gasteiger partial charge < -0.3 is 10.8 Å². The molecule has 4 nitrogen and oxygen atoms in total. The van der Waals surface area contributed by atoms with Gasteiger partial charge in [0.1, 0.15) is 11.3 Å². The summed E-state index contributed by atoms with van der Waals surface area (Å²) in [5.41, 5.74) is 3.77. The largest absolute Gasteiger partial charge is 0.478 e. The second-order valence-electron chi connectivity index (χ2n) is 2.39. The van der Waals surface area contributed by atoms with Crippen LogP contribution in [-0.4, -0.2) is 16.1 Å². The molecule has 0 aliphatic carbocycles. The number of aromatic nitrogens is 1. The van der Waals surface area contributed by atoms with E-state index in [4.69, 9.17) is 10.8 Å². The van der Waals surface area contributed by atoms with Crippen LogP contribution >= 0.6 is 22.6 Å². The first-order valence-electron chi connectivity index (χ1n) is 3.40. The lowest BCUT2D eigenvalue weighted by Gasteiger charge is -2.07. The average Bonchev–Trinajstić information content (AvgIpc) is 2.08. The van der Waals surface area contributed by atoms with Gasteiger partial charge in [0.2, 0.25) is 0 Å². The van der Waals surface area contributed by atoms with Crippen molar-refractivity contribution in [1.82, 2.24) is 4.98 Å². The first-order valence-corrected chi connectivity index (χ1v) is 4.48. The molecule has 0 amide bonds. The number of nitrogens with zero attached hydrogens (tertiary/aromatic N) is 1. The molecule has 1 heterocycles. The number of pyridine rings is 1. The average molecular weight is 314 g/mol. The zero-order valence-corrected chi connectivity index (χ0v) is 8.83. The number of alkyl halides is 2. The van der Waals surface area contributed by atoms with Crippen molar-refractivity contribution in [2.75, 3.05) is 5.73 Å². The van der Waals surface area contributed by atoms with Gasteiger partial charge in [0.05, 0.1) is 9.26 Å². The zero-order chi connectivity index (χ0) is 10.9. The fourth-order valence-electron chi connectivity index (χ4n) is 0.908. The van der Waals surface area contributed by atoms with Gasteiger partial charge in [-0.25, -0.2) is 13.6 Å². The Hall–Kier alpha value is -0.990. The summed E-state index contributed by atoms with van der Waals surface area (Å²) in [6.07, 6.45) is -1.83. The predicted octanol–water partition coefficient (Wildman–Crippen LogP) is 1.90. The summed E-state index contributed by atoms with van der Waals surface area (Å²) in [6, 6.07) is 0. The lowest BCUT2D eigenvalue weighted by molar-refractivity contribution is 0.0683. The Bertz CT molecular complexity index is 384. The third-order valence-corrected chi connectivity index (χ3v) is 2.38. The maximum Gasteiger partial charge on any atom is 0.339 e. The summed E-state index contributed by atoms with van der Waals surface area (Å²) >= 11 is 1.73. The molecule has 0 spiro atoms. The van der Waals surface area contributed by atoms with Gasteiger partial charge in [-0.2, -0.15) is 0 Å². The Morgan fingerprint density at radius 2 is 2.21 bits per heavy atom. The smallest absolute Gasteiger partial charge is 0.339 e. The van der Waals surface area contributed by atoms with E-state index in [1.165, 1.54) is 0 Å². The second-order valence-corrected chi connectivity index (χ2v) is 3.55. The van der Waals surface area contributed by atoms with Crippen LogP contribution in [-0.2, 0) is 0 Å². The topological polar surface area (TPSA) is 76.2 Å². The zero-order valence-electron chi connectivity index (χ0n) is 6.67. The molecule has 7 heteroatoms. The van der Waals surface area contributed by atoms with Gasteiger partial charge in [-0.1, -0.05) is 0 Å². The standard InChI is InChI=1S/C7H5F2IN2O2/c8-6(9)5-3(7(13)14)4(11)2(10)1-12-5/h1,6H,(H2,11,12)(H,13,14). The molecule has 1 aromatic heterocycles. The molecule has 0 aliphatic heterocycles. The molecule has 0 aliphatic rings. The van der Waals surface area contributed by atoms with Crippen LogP contribution in [0.3, 0.4) is 0 Å². The van der Waals surface area contributed by atoms with Crippen LogP contribution in [0.4, 0.5) is 14.5 Å². The molecule has 0 fully saturated rings. The minimum absolute atomic E-state index is 0.177. The minimum atomic E-state index is -2.94. The number of rotatable bonds is 2. The molecular formula is C7H5F2IN2O2. The van der Waals surface area contributed by atoms with Crippen molar-refractivity contribution in [3.05, 3.63) is 21.0 Å². The first kappa shape index (κ1) is 11.1. The molecular weight excluding hydrogens is 309 g/mol. The van der Waals surface area contributed by atoms with Crippen molar-refractivity contribution in [1.29, 1.82) is 0 Å². The molecule has 3 N–H and O–H groups in total. The number of carbonyl (C=O) groups is 1. The number of anilines is 1. The van der Waals surface area contributed by atoms with Gasteiger partial charge in [0.25, 0.3) is 6.43 Å². The molecule has 0 radical (unpaired) electrons. The van der Waals surface area contributed by atoms with E-state index in [0.29, 0.717) is 3.57 Å². The predicted molar refractivity (Wildman–Crippen MR) is 53.3 cm³/mol. The van der Waals surface area contributed by atoms with Crippen LogP contribution in [0.25, 0.3) is 0 Å². The Kier molecular flexibility index (Phi) is 3.19. The van der Waals surface area contributed by atoms with Crippen molar-refractivity contribution in [3.8, 4) is 0 Å². The van der Waals surface area contributed by atoms with Crippen LogP contribution < -0.4 is 5.73 Å². The number of aromatic carboxylic acids is 1. The van der Waals surface area contributed by atoms with Crippen LogP contribution in [0.15, 0.2) is 6.20 Å². The van der Waals surface area contributed by atoms with Gasteiger partial charge in [-0.05, 0) is 22.6 Å². The number of halogens is 3. The fraction of sp³-hybridized carbons (Fsp3) is 0.143. The molecule has 1 rings (SSSR count). The van der Waals surface area contributed by atoms with Crippen molar-refractivity contribution in [2.45, 2.75) is 6.43 Å². The van der Waals surface area contributed by atoms with Crippen LogP contribution in [0, 0.1) is 3.57 Å². The van der Waals surface area contributed by atoms with E-state index in [9.17, 15) is 13.6 Å². The summed E-state index contributed by atoms with van der Waals surface area (Å²) in [5.74, 6) is -1.50. The van der Waals surface area contributed by atoms with Gasteiger partial charge in [0.15, 0.2) is 0 Å². The van der Waals surface area contributed by atoms with Crippen LogP contribution in [0.2, 0.25) is 0 Å². The van der Waals surface area contributed by atoms with Gasteiger partial charge in [0, 0.05) is 6.20 Å². The molecule has 0 atom stereocenters. The van der Waals surface area contributed by atoms with E-state index in [2.05, 4.69) is 4.98 Å². The molecule has 0 saturated carbocycles. The second kappa shape index (κ2) is 4.03. The van der Waals surface area contributed by atoms with Crippen molar-refractivity contribution in [2.24, 2.45) is 0 Å². The van der Waals surface area contributed by atoms with E-state index >= 15 is 0 Å². The number of hydrogen-bond donors (Lipinski definition) is 2. The van der Waals surface area contributed by atoms with Gasteiger partial charge in [-0.3, -0.25) is 4.98 Å². The van der Waals surface area contributed by atoms with E-state index in [-0.39, 0.29) is 5.69 Å². The number of carboxylic acids is 1. The maximum absolute atomic E-state index is 12.3. The summed E-state index contributed by atoms with van der Waals surface area (Å²) in [7, 11) is 0. The van der Waals surface area contributed by atoms with Gasteiger partial charge >= 0.3 is 5.97 Å². The molecule has 0 aromatic carbocycles. The Labute approximate surface area is 91.3 Å². The number of nitrogen functional groups attached to an aromatic ring is 1. The number of carboxylic acid groups (broad SMARTS) is 1. The van der Waals surface area contributed by atoms with E-state index < -0.39 is 23.7 Å². The number of nitrogens with two attached hydrogens (primary N) is 1. The molecule has 14 heavy (non-hydrogen) atoms. The van der Waals surface area contributed by atoms with Crippen molar-refractivity contribution >= 4 is 34.2 Å². The fourth-order valence-corrected chi connectivity index (χ4v) is 1.32. The highest BCUT2D eigenvalue weighted by Gasteiger charge is 2.23. The van der Waals surface area contributed by atoms with Gasteiger partial charge in [-0.15, -0.1) is 0 Å². The maximum atomic E-state index is 12.3. The first-order chi connectivity index (χ1) is 6.45. The lowest BCUT2D eigenvalue weighted by atomic mass is 10.1. The highest BCUT2D eigenvalue weighted by molar-refractivity contribution is 14.1. The van der Waals surface area contributed by atoms with Crippen LogP contribution in [0.1, 0.15) is 22.5 Å². The van der Waals surface area contributed by atoms with E-state index in [1.54, 1.807) is 22.6 Å². The quantitative estimate of drug-likeness (QED) is 0.818. The molecule has 76 valence electrons. The highest BCUT2D eigenvalue weighted by Crippen LogP contribution is 2.27. The molecule has 0 unspecified atom stereocenters. The monoisotopic (exact) mass is 314 g/mol. The normalized spacial score (nSPS) is 10.6. The molecule has 1 aromatic rings. The van der Waals surface area contributed by atoms with Crippen LogP contribution in [0.5, 0.6) is 0 Å².